The van der Waals surface area contributed by atoms with Crippen molar-refractivity contribution in [2.24, 2.45) is 0 Å². The van der Waals surface area contributed by atoms with E-state index in [4.69, 9.17) is 9.47 Å². The average Bonchev–Trinajstić information content (AvgIpc) is 2.66. The highest BCUT2D eigenvalue weighted by atomic mass is 16.5. The van der Waals surface area contributed by atoms with Crippen LogP contribution in [0.5, 0.6) is 11.5 Å². The van der Waals surface area contributed by atoms with Crippen molar-refractivity contribution >= 4 is 17.8 Å². The van der Waals surface area contributed by atoms with Crippen molar-refractivity contribution in [1.82, 2.24) is 0 Å². The molecule has 0 aliphatic carbocycles. The van der Waals surface area contributed by atoms with E-state index in [0.717, 1.165) is 5.56 Å². The topological polar surface area (TPSA) is 93.1 Å². The number of aliphatic hydroxyl groups is 1. The molecule has 0 fully saturated rings. The Morgan fingerprint density at radius 1 is 1.29 bits per heavy atom. The Balaban J connectivity index is 1.94. The molecule has 0 saturated heterocycles. The van der Waals surface area contributed by atoms with Crippen molar-refractivity contribution in [2.45, 2.75) is 32.0 Å². The molecule has 0 spiro atoms. The van der Waals surface area contributed by atoms with Gasteiger partial charge < -0.3 is 19.7 Å². The summed E-state index contributed by atoms with van der Waals surface area (Å²) in [6, 6.07) is 12.3. The molecule has 2 atom stereocenters. The summed E-state index contributed by atoms with van der Waals surface area (Å²) in [5.74, 6) is -0.408. The molecule has 0 unspecified atom stereocenters. The van der Waals surface area contributed by atoms with E-state index >= 15 is 0 Å². The number of hydrogen-bond acceptors (Lipinski definition) is 6. The van der Waals surface area contributed by atoms with E-state index in [0.29, 0.717) is 5.56 Å². The van der Waals surface area contributed by atoms with E-state index in [-0.39, 0.29) is 35.9 Å². The number of esters is 1. The van der Waals surface area contributed by atoms with Crippen LogP contribution in [0.4, 0.5) is 0 Å². The van der Waals surface area contributed by atoms with Gasteiger partial charge in [-0.25, -0.2) is 0 Å². The zero-order valence-corrected chi connectivity index (χ0v) is 15.7. The maximum atomic E-state index is 12.6. The molecule has 1 heterocycles. The largest absolute Gasteiger partial charge is 0.507 e. The number of carbonyl (C=O) groups is 2. The van der Waals surface area contributed by atoms with Gasteiger partial charge in [0, 0.05) is 6.92 Å². The Labute approximate surface area is 163 Å². The molecular weight excluding hydrogens is 360 g/mol. The molecule has 0 aromatic heterocycles. The van der Waals surface area contributed by atoms with E-state index in [1.165, 1.54) is 38.1 Å². The highest BCUT2D eigenvalue weighted by Crippen LogP contribution is 2.41. The molecule has 1 aliphatic rings. The van der Waals surface area contributed by atoms with E-state index in [1.54, 1.807) is 0 Å². The zero-order valence-electron chi connectivity index (χ0n) is 15.7. The summed E-state index contributed by atoms with van der Waals surface area (Å²) in [5.41, 5.74) is 0.0821. The minimum Gasteiger partial charge on any atom is -0.507 e. The van der Waals surface area contributed by atoms with Crippen LogP contribution in [-0.4, -0.2) is 34.2 Å². The first-order valence-electron chi connectivity index (χ1n) is 8.92. The van der Waals surface area contributed by atoms with Crippen LogP contribution in [0.2, 0.25) is 0 Å². The van der Waals surface area contributed by atoms with Crippen LogP contribution < -0.4 is 4.74 Å². The summed E-state index contributed by atoms with van der Waals surface area (Å²) >= 11 is 0. The molecular formula is C22H22O6. The summed E-state index contributed by atoms with van der Waals surface area (Å²) in [4.78, 5) is 23.6. The van der Waals surface area contributed by atoms with Crippen LogP contribution in [0.1, 0.15) is 47.9 Å². The van der Waals surface area contributed by atoms with Gasteiger partial charge in [-0.05, 0) is 36.8 Å². The van der Waals surface area contributed by atoms with Crippen LogP contribution in [0.15, 0.2) is 48.5 Å². The Morgan fingerprint density at radius 2 is 2.00 bits per heavy atom. The van der Waals surface area contributed by atoms with E-state index in [2.05, 4.69) is 0 Å². The van der Waals surface area contributed by atoms with Gasteiger partial charge in [0.25, 0.3) is 0 Å². The molecule has 6 nitrogen and oxygen atoms in total. The fourth-order valence-corrected chi connectivity index (χ4v) is 2.97. The second-order valence-electron chi connectivity index (χ2n) is 6.99. The second kappa shape index (κ2) is 7.86. The van der Waals surface area contributed by atoms with Gasteiger partial charge in [0.1, 0.15) is 29.8 Å². The summed E-state index contributed by atoms with van der Waals surface area (Å²) in [6.07, 6.45) is 2.61. The van der Waals surface area contributed by atoms with Gasteiger partial charge in [0.05, 0.1) is 17.5 Å². The van der Waals surface area contributed by atoms with Crippen LogP contribution in [0, 0.1) is 0 Å². The molecule has 0 radical (unpaired) electrons. The van der Waals surface area contributed by atoms with E-state index in [1.807, 2.05) is 30.3 Å². The van der Waals surface area contributed by atoms with Crippen LogP contribution in [-0.2, 0) is 9.53 Å². The normalized spacial score (nSPS) is 18.2. The quantitative estimate of drug-likeness (QED) is 0.770. The number of benzene rings is 2. The highest BCUT2D eigenvalue weighted by Gasteiger charge is 2.30. The molecule has 2 N–H and O–H groups in total. The monoisotopic (exact) mass is 382 g/mol. The summed E-state index contributed by atoms with van der Waals surface area (Å²) in [5, 5.41) is 20.7. The third-order valence-electron chi connectivity index (χ3n) is 4.45. The highest BCUT2D eigenvalue weighted by molar-refractivity contribution is 6.01. The molecule has 28 heavy (non-hydrogen) atoms. The number of fused-ring (bicyclic) bond motifs is 1. The van der Waals surface area contributed by atoms with Gasteiger partial charge in [0.15, 0.2) is 5.78 Å². The Morgan fingerprint density at radius 3 is 2.68 bits per heavy atom. The van der Waals surface area contributed by atoms with Crippen molar-refractivity contribution < 1.29 is 29.3 Å². The molecule has 146 valence electrons. The number of phenolic OH excluding ortho intramolecular Hbond substituents is 1. The maximum absolute atomic E-state index is 12.6. The lowest BCUT2D eigenvalue weighted by Crippen LogP contribution is -2.29. The van der Waals surface area contributed by atoms with Gasteiger partial charge in [-0.15, -0.1) is 0 Å². The summed E-state index contributed by atoms with van der Waals surface area (Å²) in [6.45, 7) is 2.49. The van der Waals surface area contributed by atoms with Gasteiger partial charge in [-0.2, -0.15) is 0 Å². The summed E-state index contributed by atoms with van der Waals surface area (Å²) < 4.78 is 10.9. The van der Waals surface area contributed by atoms with E-state index in [9.17, 15) is 19.8 Å². The fraction of sp³-hybridized carbons (Fsp3) is 0.273. The number of rotatable bonds is 5. The first kappa shape index (κ1) is 19.6. The van der Waals surface area contributed by atoms with Crippen molar-refractivity contribution in [3.63, 3.8) is 0 Å². The molecule has 2 aromatic rings. The van der Waals surface area contributed by atoms with E-state index < -0.39 is 17.7 Å². The molecule has 6 heteroatoms. The summed E-state index contributed by atoms with van der Waals surface area (Å²) in [7, 11) is 0. The van der Waals surface area contributed by atoms with Crippen molar-refractivity contribution in [1.29, 1.82) is 0 Å². The maximum Gasteiger partial charge on any atom is 0.302 e. The molecule has 3 rings (SSSR count). The number of ether oxygens (including phenoxy) is 2. The lowest BCUT2D eigenvalue weighted by atomic mass is 9.93. The Kier molecular flexibility index (Phi) is 5.51. The molecule has 2 aromatic carbocycles. The predicted octanol–water partition coefficient (Wildman–Crippen LogP) is 3.43. The smallest absolute Gasteiger partial charge is 0.302 e. The first-order valence-corrected chi connectivity index (χ1v) is 8.92. The third kappa shape index (κ3) is 4.40. The molecule has 1 aliphatic heterocycles. The average molecular weight is 382 g/mol. The number of phenols is 1. The lowest BCUT2D eigenvalue weighted by Gasteiger charge is -2.27. The third-order valence-corrected chi connectivity index (χ3v) is 4.45. The van der Waals surface area contributed by atoms with Crippen molar-refractivity contribution in [3.05, 3.63) is 65.2 Å². The first-order chi connectivity index (χ1) is 13.3. The van der Waals surface area contributed by atoms with Crippen LogP contribution in [0.3, 0.4) is 0 Å². The van der Waals surface area contributed by atoms with Gasteiger partial charge in [0.2, 0.25) is 0 Å². The van der Waals surface area contributed by atoms with Gasteiger partial charge >= 0.3 is 5.97 Å². The lowest BCUT2D eigenvalue weighted by molar-refractivity contribution is -0.145. The van der Waals surface area contributed by atoms with Crippen LogP contribution in [0.25, 0.3) is 6.08 Å². The number of carbonyl (C=O) groups excluding carboxylic acids is 2. The Hall–Kier alpha value is -3.12. The number of Topliss-reactive ketones (excluding diaryl/α,β-unsaturated/α-hetero) is 1. The molecule has 0 saturated carbocycles. The predicted molar refractivity (Wildman–Crippen MR) is 103 cm³/mol. The van der Waals surface area contributed by atoms with Crippen molar-refractivity contribution in [2.75, 3.05) is 6.61 Å². The molecule has 0 amide bonds. The van der Waals surface area contributed by atoms with Crippen LogP contribution >= 0.6 is 0 Å². The van der Waals surface area contributed by atoms with Crippen molar-refractivity contribution in [3.8, 4) is 11.5 Å². The SMILES string of the molecule is CC(=O)OC[C@](C)(O)/C=C\c1c(O)ccc2c1O[C@H](c1ccccc1)CC2=O. The van der Waals surface area contributed by atoms with Gasteiger partial charge in [-0.3, -0.25) is 9.59 Å². The Bertz CT molecular complexity index is 914. The minimum atomic E-state index is -1.45. The number of ketones is 1. The molecule has 0 bridgehead atoms. The fourth-order valence-electron chi connectivity index (χ4n) is 2.97. The minimum absolute atomic E-state index is 0.0835. The van der Waals surface area contributed by atoms with Gasteiger partial charge in [-0.1, -0.05) is 30.3 Å². The number of aromatic hydroxyl groups is 1. The zero-order chi connectivity index (χ0) is 20.3. The standard InChI is InChI=1S/C22H22O6/c1-14(23)27-13-22(2,26)11-10-17-18(24)9-8-16-19(25)12-20(28-21(16)17)15-6-4-3-5-7-15/h3-11,20,24,26H,12-13H2,1-2H3/b11-10-/t20-,22+/m0/s1. The number of hydrogen-bond donors (Lipinski definition) is 2. The second-order valence-corrected chi connectivity index (χ2v) is 6.99.